The van der Waals surface area contributed by atoms with Gasteiger partial charge in [0.15, 0.2) is 5.65 Å². The van der Waals surface area contributed by atoms with Crippen molar-refractivity contribution in [3.63, 3.8) is 0 Å². The second-order valence-corrected chi connectivity index (χ2v) is 7.89. The first-order valence-corrected chi connectivity index (χ1v) is 10.5. The van der Waals surface area contributed by atoms with Crippen LogP contribution in [0.15, 0.2) is 48.8 Å². The van der Waals surface area contributed by atoms with Crippen molar-refractivity contribution in [2.24, 2.45) is 0 Å². The van der Waals surface area contributed by atoms with E-state index in [2.05, 4.69) is 25.5 Å². The lowest BCUT2D eigenvalue weighted by Crippen LogP contribution is -2.28. The molecule has 9 heteroatoms. The zero-order valence-corrected chi connectivity index (χ0v) is 17.4. The molecule has 0 saturated carbocycles. The van der Waals surface area contributed by atoms with Crippen LogP contribution in [0.2, 0.25) is 5.02 Å². The van der Waals surface area contributed by atoms with Gasteiger partial charge in [0.1, 0.15) is 11.6 Å². The third-order valence-corrected chi connectivity index (χ3v) is 5.62. The second-order valence-electron chi connectivity index (χ2n) is 7.48. The number of halogens is 2. The summed E-state index contributed by atoms with van der Waals surface area (Å²) in [5, 5.41) is 12.1. The molecule has 0 unspecified atom stereocenters. The topological polar surface area (TPSA) is 77.2 Å². The average molecular weight is 439 g/mol. The van der Waals surface area contributed by atoms with Gasteiger partial charge in [-0.3, -0.25) is 4.40 Å². The molecule has 0 radical (unpaired) electrons. The molecule has 5 rings (SSSR count). The minimum absolute atomic E-state index is 0.0996. The number of rotatable bonds is 5. The van der Waals surface area contributed by atoms with Crippen LogP contribution in [0, 0.1) is 5.82 Å². The van der Waals surface area contributed by atoms with Crippen LogP contribution in [0.4, 0.5) is 10.3 Å². The number of anilines is 1. The number of ether oxygens (including phenoxy) is 1. The molecule has 158 valence electrons. The number of pyridine rings is 1. The van der Waals surface area contributed by atoms with E-state index in [0.29, 0.717) is 24.1 Å². The Kier molecular flexibility index (Phi) is 5.48. The lowest BCUT2D eigenvalue weighted by atomic mass is 10.1. The SMILES string of the molecule is Fc1ccc(Cc2nnc3cc(-c4ccnc(NC5CCOCC5)n4)ccn23)cc1Cl. The third kappa shape index (κ3) is 4.35. The molecule has 1 aliphatic heterocycles. The maximum atomic E-state index is 13.4. The van der Waals surface area contributed by atoms with E-state index in [0.717, 1.165) is 48.7 Å². The molecule has 1 saturated heterocycles. The number of hydrogen-bond acceptors (Lipinski definition) is 6. The monoisotopic (exact) mass is 438 g/mol. The van der Waals surface area contributed by atoms with Gasteiger partial charge in [0.05, 0.1) is 10.7 Å². The van der Waals surface area contributed by atoms with E-state index in [1.54, 1.807) is 18.3 Å². The summed E-state index contributed by atoms with van der Waals surface area (Å²) in [6.45, 7) is 1.51. The molecule has 1 aromatic carbocycles. The van der Waals surface area contributed by atoms with Crippen LogP contribution in [0.25, 0.3) is 16.9 Å². The Balaban J connectivity index is 1.38. The molecular formula is C22H20ClFN6O. The van der Waals surface area contributed by atoms with Gasteiger partial charge in [0.2, 0.25) is 5.95 Å². The molecule has 0 atom stereocenters. The average Bonchev–Trinajstić information content (AvgIpc) is 3.19. The van der Waals surface area contributed by atoms with Gasteiger partial charge in [-0.2, -0.15) is 0 Å². The summed E-state index contributed by atoms with van der Waals surface area (Å²) >= 11 is 5.89. The van der Waals surface area contributed by atoms with Crippen LogP contribution < -0.4 is 5.32 Å². The molecule has 0 aliphatic carbocycles. The normalized spacial score (nSPS) is 14.8. The minimum Gasteiger partial charge on any atom is -0.381 e. The second kappa shape index (κ2) is 8.56. The first-order valence-electron chi connectivity index (χ1n) is 10.1. The molecular weight excluding hydrogens is 419 g/mol. The van der Waals surface area contributed by atoms with E-state index in [1.807, 2.05) is 28.8 Å². The van der Waals surface area contributed by atoms with E-state index in [9.17, 15) is 4.39 Å². The van der Waals surface area contributed by atoms with Gasteiger partial charge in [0, 0.05) is 43.6 Å². The zero-order valence-electron chi connectivity index (χ0n) is 16.6. The standard InChI is InChI=1S/C22H20ClFN6O/c23-17-11-14(1-2-18(17)24)12-20-28-29-21-13-15(4-8-30(20)21)19-3-7-25-22(27-19)26-16-5-9-31-10-6-16/h1-4,7-8,11,13,16H,5-6,9-10,12H2,(H,25,26,27). The Labute approximate surface area is 183 Å². The molecule has 0 spiro atoms. The number of nitrogens with zero attached hydrogens (tertiary/aromatic N) is 5. The minimum atomic E-state index is -0.434. The fraction of sp³-hybridized carbons (Fsp3) is 0.273. The van der Waals surface area contributed by atoms with Crippen molar-refractivity contribution < 1.29 is 9.13 Å². The summed E-state index contributed by atoms with van der Waals surface area (Å²) in [6, 6.07) is 10.8. The van der Waals surface area contributed by atoms with Crippen molar-refractivity contribution in [3.05, 3.63) is 71.0 Å². The highest BCUT2D eigenvalue weighted by atomic mass is 35.5. The summed E-state index contributed by atoms with van der Waals surface area (Å²) in [5.41, 5.74) is 3.30. The van der Waals surface area contributed by atoms with Crippen LogP contribution in [-0.4, -0.2) is 43.8 Å². The Bertz CT molecular complexity index is 1220. The van der Waals surface area contributed by atoms with E-state index < -0.39 is 5.82 Å². The quantitative estimate of drug-likeness (QED) is 0.504. The Hall–Kier alpha value is -3.10. The largest absolute Gasteiger partial charge is 0.381 e. The molecule has 0 amide bonds. The van der Waals surface area contributed by atoms with Crippen molar-refractivity contribution in [3.8, 4) is 11.3 Å². The number of nitrogens with one attached hydrogen (secondary N) is 1. The van der Waals surface area contributed by atoms with Crippen molar-refractivity contribution >= 4 is 23.2 Å². The van der Waals surface area contributed by atoms with Gasteiger partial charge >= 0.3 is 0 Å². The number of benzene rings is 1. The number of aromatic nitrogens is 5. The maximum Gasteiger partial charge on any atom is 0.223 e. The predicted octanol–water partition coefficient (Wildman–Crippen LogP) is 4.16. The van der Waals surface area contributed by atoms with E-state index >= 15 is 0 Å². The molecule has 0 bridgehead atoms. The Morgan fingerprint density at radius 2 is 2.00 bits per heavy atom. The lowest BCUT2D eigenvalue weighted by Gasteiger charge is -2.23. The van der Waals surface area contributed by atoms with Crippen LogP contribution >= 0.6 is 11.6 Å². The van der Waals surface area contributed by atoms with Gasteiger partial charge in [-0.05, 0) is 48.7 Å². The summed E-state index contributed by atoms with van der Waals surface area (Å²) in [5.74, 6) is 0.921. The number of fused-ring (bicyclic) bond motifs is 1. The van der Waals surface area contributed by atoms with Crippen LogP contribution in [0.5, 0.6) is 0 Å². The van der Waals surface area contributed by atoms with E-state index in [1.165, 1.54) is 6.07 Å². The van der Waals surface area contributed by atoms with Crippen molar-refractivity contribution in [2.45, 2.75) is 25.3 Å². The molecule has 31 heavy (non-hydrogen) atoms. The molecule has 1 aliphatic rings. The molecule has 7 nitrogen and oxygen atoms in total. The summed E-state index contributed by atoms with van der Waals surface area (Å²) in [7, 11) is 0. The molecule has 4 heterocycles. The van der Waals surface area contributed by atoms with Gasteiger partial charge in [-0.1, -0.05) is 17.7 Å². The first kappa shape index (κ1) is 19.8. The predicted molar refractivity (Wildman–Crippen MR) is 116 cm³/mol. The number of hydrogen-bond donors (Lipinski definition) is 1. The zero-order chi connectivity index (χ0) is 21.2. The van der Waals surface area contributed by atoms with Crippen molar-refractivity contribution in [1.82, 2.24) is 24.6 Å². The maximum absolute atomic E-state index is 13.4. The van der Waals surface area contributed by atoms with Crippen molar-refractivity contribution in [1.29, 1.82) is 0 Å². The van der Waals surface area contributed by atoms with Gasteiger partial charge in [0.25, 0.3) is 0 Å². The Morgan fingerprint density at radius 1 is 1.13 bits per heavy atom. The lowest BCUT2D eigenvalue weighted by molar-refractivity contribution is 0.0903. The van der Waals surface area contributed by atoms with Gasteiger partial charge < -0.3 is 10.1 Å². The molecule has 4 aromatic rings. The van der Waals surface area contributed by atoms with Gasteiger partial charge in [-0.25, -0.2) is 14.4 Å². The third-order valence-electron chi connectivity index (χ3n) is 5.33. The van der Waals surface area contributed by atoms with Crippen LogP contribution in [0.1, 0.15) is 24.2 Å². The van der Waals surface area contributed by atoms with Gasteiger partial charge in [-0.15, -0.1) is 10.2 Å². The highest BCUT2D eigenvalue weighted by Crippen LogP contribution is 2.22. The summed E-state index contributed by atoms with van der Waals surface area (Å²) in [6.07, 6.45) is 6.05. The Morgan fingerprint density at radius 3 is 2.84 bits per heavy atom. The van der Waals surface area contributed by atoms with Crippen LogP contribution in [0.3, 0.4) is 0 Å². The fourth-order valence-corrected chi connectivity index (χ4v) is 3.87. The summed E-state index contributed by atoms with van der Waals surface area (Å²) < 4.78 is 20.7. The van der Waals surface area contributed by atoms with Crippen LogP contribution in [-0.2, 0) is 11.2 Å². The highest BCUT2D eigenvalue weighted by molar-refractivity contribution is 6.30. The fourth-order valence-electron chi connectivity index (χ4n) is 3.67. The van der Waals surface area contributed by atoms with E-state index in [-0.39, 0.29) is 5.02 Å². The van der Waals surface area contributed by atoms with E-state index in [4.69, 9.17) is 16.3 Å². The molecule has 1 N–H and O–H groups in total. The molecule has 1 fully saturated rings. The smallest absolute Gasteiger partial charge is 0.223 e. The van der Waals surface area contributed by atoms with Crippen molar-refractivity contribution in [2.75, 3.05) is 18.5 Å². The highest BCUT2D eigenvalue weighted by Gasteiger charge is 2.15. The summed E-state index contributed by atoms with van der Waals surface area (Å²) in [4.78, 5) is 9.02. The molecule has 3 aromatic heterocycles. The first-order chi connectivity index (χ1) is 15.2.